The third kappa shape index (κ3) is 26.4. The van der Waals surface area contributed by atoms with Crippen LogP contribution in [0.5, 0.6) is 0 Å². The van der Waals surface area contributed by atoms with Gasteiger partial charge in [0.15, 0.2) is 5.78 Å². The maximum atomic E-state index is 13.8. The van der Waals surface area contributed by atoms with Gasteiger partial charge in [-0.05, 0) is 84.0 Å². The van der Waals surface area contributed by atoms with Crippen LogP contribution in [0.25, 0.3) is 0 Å². The number of aliphatic carboxylic acids is 1. The fourth-order valence-corrected chi connectivity index (χ4v) is 5.39. The summed E-state index contributed by atoms with van der Waals surface area (Å²) < 4.78 is 42.3. The summed E-state index contributed by atoms with van der Waals surface area (Å²) >= 11 is 0. The predicted octanol–water partition coefficient (Wildman–Crippen LogP) is 4.50. The van der Waals surface area contributed by atoms with Crippen molar-refractivity contribution in [3.05, 3.63) is 29.8 Å². The van der Waals surface area contributed by atoms with E-state index < -0.39 is 65.7 Å². The van der Waals surface area contributed by atoms with Crippen LogP contribution in [-0.4, -0.2) is 116 Å². The van der Waals surface area contributed by atoms with Crippen LogP contribution in [0, 0.1) is 17.8 Å². The lowest BCUT2D eigenvalue weighted by atomic mass is 9.88. The zero-order chi connectivity index (χ0) is 46.9. The van der Waals surface area contributed by atoms with Crippen molar-refractivity contribution in [2.75, 3.05) is 45.6 Å². The van der Waals surface area contributed by atoms with Crippen molar-refractivity contribution in [2.24, 2.45) is 23.5 Å². The van der Waals surface area contributed by atoms with Crippen LogP contribution in [0.3, 0.4) is 0 Å². The van der Waals surface area contributed by atoms with Crippen LogP contribution in [0.4, 0.5) is 33.2 Å². The lowest BCUT2D eigenvalue weighted by Crippen LogP contribution is -2.48. The number of ketones is 2. The molecule has 18 nitrogen and oxygen atoms in total. The number of carboxylic acid groups (broad SMARTS) is 1. The lowest BCUT2D eigenvalue weighted by Gasteiger charge is -2.26. The molecular formula is C40H64F3N7O11. The van der Waals surface area contributed by atoms with Gasteiger partial charge in [-0.2, -0.15) is 13.2 Å². The number of Topliss-reactive ketones (excluding diaryl/α,β-unsaturated/α-hetero) is 2. The molecule has 0 aromatic heterocycles. The minimum absolute atomic E-state index is 0.00281. The Bertz CT molecular complexity index is 1590. The zero-order valence-electron chi connectivity index (χ0n) is 36.3. The van der Waals surface area contributed by atoms with Crippen molar-refractivity contribution in [2.45, 2.75) is 111 Å². The standard InChI is InChI=1S/C38H63N7O9.C2HF3O2/c1-25(2)32(44-34(49)28(22-26(3)46)12-9-10-18-42-36(51)54-38(4,5)6)31(47)23-29(13-11-19-41-35(39)50)33(48)43-30-16-14-27(15-17-30)24-53-37(52)45(8)21-20-40-7;3-2(4,5)1(6)7/h14-17,25,28-29,32,40H,9-13,18-24H2,1-8H3,(H,42,51)(H,43,48)(H,44,49)(H3,39,41,50);(H,6,7)/t28-,29-,32+;/m1./s1. The Balaban J connectivity index is 0.00000470. The minimum Gasteiger partial charge on any atom is -0.475 e. The Hall–Kier alpha value is -5.47. The van der Waals surface area contributed by atoms with Gasteiger partial charge in [-0.1, -0.05) is 32.4 Å². The van der Waals surface area contributed by atoms with E-state index in [-0.39, 0.29) is 49.9 Å². The van der Waals surface area contributed by atoms with E-state index in [9.17, 15) is 46.7 Å². The molecule has 346 valence electrons. The number of amides is 6. The first-order valence-corrected chi connectivity index (χ1v) is 19.8. The fourth-order valence-electron chi connectivity index (χ4n) is 5.39. The van der Waals surface area contributed by atoms with Crippen molar-refractivity contribution in [3.8, 4) is 0 Å². The molecule has 0 aliphatic rings. The highest BCUT2D eigenvalue weighted by Crippen LogP contribution is 2.21. The number of ether oxygens (including phenoxy) is 2. The molecule has 0 aliphatic heterocycles. The summed E-state index contributed by atoms with van der Waals surface area (Å²) in [5.74, 6) is -5.92. The van der Waals surface area contributed by atoms with Crippen molar-refractivity contribution in [3.63, 3.8) is 0 Å². The van der Waals surface area contributed by atoms with Gasteiger partial charge in [-0.25, -0.2) is 19.2 Å². The second-order valence-corrected chi connectivity index (χ2v) is 15.6. The van der Waals surface area contributed by atoms with Crippen molar-refractivity contribution >= 4 is 53.3 Å². The Kier molecular flexibility index (Phi) is 25.6. The number of unbranched alkanes of at least 4 members (excludes halogenated alkanes) is 1. The number of carbonyl (C=O) groups is 8. The molecule has 1 aromatic carbocycles. The highest BCUT2D eigenvalue weighted by molar-refractivity contribution is 5.98. The predicted molar refractivity (Wildman–Crippen MR) is 219 cm³/mol. The average molecular weight is 876 g/mol. The number of rotatable bonds is 24. The summed E-state index contributed by atoms with van der Waals surface area (Å²) in [7, 11) is 3.43. The third-order valence-corrected chi connectivity index (χ3v) is 8.55. The number of anilines is 1. The lowest BCUT2D eigenvalue weighted by molar-refractivity contribution is -0.192. The first-order chi connectivity index (χ1) is 28.3. The van der Waals surface area contributed by atoms with E-state index in [1.165, 1.54) is 11.8 Å². The molecule has 0 aliphatic carbocycles. The zero-order valence-corrected chi connectivity index (χ0v) is 36.3. The van der Waals surface area contributed by atoms with Gasteiger partial charge >= 0.3 is 30.4 Å². The highest BCUT2D eigenvalue weighted by atomic mass is 19.4. The number of benzene rings is 1. The molecule has 3 atom stereocenters. The number of hydrogen-bond donors (Lipinski definition) is 7. The number of alkyl carbamates (subject to hydrolysis) is 1. The number of carbonyl (C=O) groups excluding carboxylic acids is 7. The molecule has 0 bridgehead atoms. The third-order valence-electron chi connectivity index (χ3n) is 8.55. The van der Waals surface area contributed by atoms with Crippen LogP contribution in [0.2, 0.25) is 0 Å². The Labute approximate surface area is 355 Å². The molecule has 0 radical (unpaired) electrons. The van der Waals surface area contributed by atoms with Gasteiger partial charge in [0.1, 0.15) is 18.0 Å². The monoisotopic (exact) mass is 875 g/mol. The molecule has 0 unspecified atom stereocenters. The van der Waals surface area contributed by atoms with Crippen molar-refractivity contribution < 1.29 is 66.1 Å². The van der Waals surface area contributed by atoms with Gasteiger partial charge in [-0.3, -0.25) is 14.4 Å². The number of nitrogens with one attached hydrogen (secondary N) is 5. The normalized spacial score (nSPS) is 12.7. The molecule has 0 saturated carbocycles. The summed E-state index contributed by atoms with van der Waals surface area (Å²) in [6, 6.07) is 5.14. The Morgan fingerprint density at radius 2 is 1.39 bits per heavy atom. The number of alkyl halides is 3. The second-order valence-electron chi connectivity index (χ2n) is 15.6. The number of carboxylic acids is 1. The average Bonchev–Trinajstić information content (AvgIpc) is 3.14. The van der Waals surface area contributed by atoms with E-state index in [2.05, 4.69) is 26.6 Å². The maximum absolute atomic E-state index is 13.8. The second kappa shape index (κ2) is 28.1. The quantitative estimate of drug-likeness (QED) is 0.0708. The van der Waals surface area contributed by atoms with Crippen LogP contribution in [0.15, 0.2) is 24.3 Å². The molecule has 0 saturated heterocycles. The molecule has 61 heavy (non-hydrogen) atoms. The molecule has 1 rings (SSSR count). The smallest absolute Gasteiger partial charge is 0.475 e. The van der Waals surface area contributed by atoms with Gasteiger partial charge in [-0.15, -0.1) is 0 Å². The van der Waals surface area contributed by atoms with Gasteiger partial charge in [0, 0.05) is 63.6 Å². The van der Waals surface area contributed by atoms with Crippen molar-refractivity contribution in [1.82, 2.24) is 26.2 Å². The maximum Gasteiger partial charge on any atom is 0.490 e. The number of primary amides is 1. The topological polar surface area (TPSA) is 265 Å². The van der Waals surface area contributed by atoms with Gasteiger partial charge in [0.2, 0.25) is 11.8 Å². The van der Waals surface area contributed by atoms with Crippen molar-refractivity contribution in [1.29, 1.82) is 0 Å². The Morgan fingerprint density at radius 3 is 1.90 bits per heavy atom. The van der Waals surface area contributed by atoms with Crippen LogP contribution in [-0.2, 0) is 40.1 Å². The minimum atomic E-state index is -5.08. The van der Waals surface area contributed by atoms with E-state index >= 15 is 0 Å². The van der Waals surface area contributed by atoms with E-state index in [1.807, 2.05) is 0 Å². The summed E-state index contributed by atoms with van der Waals surface area (Å²) in [5.41, 5.74) is 5.75. The summed E-state index contributed by atoms with van der Waals surface area (Å²) in [4.78, 5) is 98.5. The molecule has 8 N–H and O–H groups in total. The number of likely N-dealkylation sites (N-methyl/N-ethyl adjacent to an activating group) is 2. The highest BCUT2D eigenvalue weighted by Gasteiger charge is 2.38. The molecule has 1 aromatic rings. The summed E-state index contributed by atoms with van der Waals surface area (Å²) in [5, 5.41) is 21.0. The molecule has 0 spiro atoms. The molecule has 0 heterocycles. The largest absolute Gasteiger partial charge is 0.490 e. The number of nitrogens with zero attached hydrogens (tertiary/aromatic N) is 1. The van der Waals surface area contributed by atoms with Gasteiger partial charge < -0.3 is 56.6 Å². The number of urea groups is 1. The first-order valence-electron chi connectivity index (χ1n) is 19.8. The van der Waals surface area contributed by atoms with Crippen LogP contribution >= 0.6 is 0 Å². The number of hydrogen-bond acceptors (Lipinski definition) is 11. The molecular weight excluding hydrogens is 811 g/mol. The number of nitrogens with two attached hydrogens (primary N) is 1. The van der Waals surface area contributed by atoms with E-state index in [4.69, 9.17) is 25.1 Å². The summed E-state index contributed by atoms with van der Waals surface area (Å²) in [6.45, 7) is 12.0. The van der Waals surface area contributed by atoms with E-state index in [0.717, 1.165) is 0 Å². The Morgan fingerprint density at radius 1 is 0.836 bits per heavy atom. The SMILES string of the molecule is CNCCN(C)C(=O)OCc1ccc(NC(=O)[C@H](CCCNC(N)=O)CC(=O)[C@@H](NC(=O)[C@H](CCCCNC(=O)OC(C)(C)C)CC(C)=O)C(C)C)cc1.O=C(O)C(F)(F)F. The molecule has 6 amide bonds. The molecule has 0 fully saturated rings. The van der Waals surface area contributed by atoms with E-state index in [0.29, 0.717) is 56.6 Å². The van der Waals surface area contributed by atoms with Gasteiger partial charge in [0.05, 0.1) is 6.04 Å². The van der Waals surface area contributed by atoms with Crippen LogP contribution in [0.1, 0.15) is 92.1 Å². The first kappa shape index (κ1) is 55.5. The fraction of sp³-hybridized carbons (Fsp3) is 0.650. The van der Waals surface area contributed by atoms with E-state index in [1.54, 1.807) is 73.0 Å². The van der Waals surface area contributed by atoms with Crippen LogP contribution < -0.4 is 32.3 Å². The van der Waals surface area contributed by atoms with Gasteiger partial charge in [0.25, 0.3) is 0 Å². The summed E-state index contributed by atoms with van der Waals surface area (Å²) in [6.07, 6.45) is -4.19. The number of halogens is 3. The molecule has 21 heteroatoms.